The molecule has 2 aliphatic heterocycles. The van der Waals surface area contributed by atoms with E-state index in [0.717, 1.165) is 56.8 Å². The van der Waals surface area contributed by atoms with Crippen LogP contribution < -0.4 is 5.32 Å². The van der Waals surface area contributed by atoms with Crippen LogP contribution >= 0.6 is 0 Å². The summed E-state index contributed by atoms with van der Waals surface area (Å²) in [7, 11) is 0. The SMILES string of the molecule is Cc1[nH]cnc1CN1CCC(N2CCC[C@H](C(=O)NCc3cccnc3)C2)CC1. The standard InChI is InChI=1S/C22H32N6O/c1-17-21(26-16-25-17)15-27-10-6-20(7-11-27)28-9-3-5-19(14-28)22(29)24-13-18-4-2-8-23-12-18/h2,4,8,12,16,19-20H,3,5-7,9-11,13-15H2,1H3,(H,24,29)(H,25,26)/t19-/m0/s1. The van der Waals surface area contributed by atoms with E-state index in [1.54, 1.807) is 12.5 Å². The Labute approximate surface area is 172 Å². The monoisotopic (exact) mass is 396 g/mol. The fourth-order valence-corrected chi connectivity index (χ4v) is 4.59. The van der Waals surface area contributed by atoms with Crippen molar-refractivity contribution in [3.05, 3.63) is 47.8 Å². The van der Waals surface area contributed by atoms with E-state index in [4.69, 9.17) is 0 Å². The lowest BCUT2D eigenvalue weighted by Gasteiger charge is -2.42. The number of pyridine rings is 1. The number of carbonyl (C=O) groups is 1. The normalized spacial score (nSPS) is 21.9. The maximum absolute atomic E-state index is 12.7. The third-order valence-corrected chi connectivity index (χ3v) is 6.39. The number of piperidine rings is 2. The van der Waals surface area contributed by atoms with Crippen LogP contribution in [0.2, 0.25) is 0 Å². The fraction of sp³-hybridized carbons (Fsp3) is 0.591. The highest BCUT2D eigenvalue weighted by Crippen LogP contribution is 2.25. The van der Waals surface area contributed by atoms with Gasteiger partial charge in [0.2, 0.25) is 5.91 Å². The maximum Gasteiger partial charge on any atom is 0.224 e. The minimum absolute atomic E-state index is 0.102. The predicted octanol–water partition coefficient (Wildman–Crippen LogP) is 2.11. The molecule has 2 aliphatic rings. The molecule has 4 heterocycles. The lowest BCUT2D eigenvalue weighted by atomic mass is 9.93. The van der Waals surface area contributed by atoms with Crippen LogP contribution in [0.1, 0.15) is 42.6 Å². The molecule has 2 saturated heterocycles. The average molecular weight is 397 g/mol. The molecule has 4 rings (SSSR count). The largest absolute Gasteiger partial charge is 0.352 e. The molecular weight excluding hydrogens is 364 g/mol. The molecule has 156 valence electrons. The summed E-state index contributed by atoms with van der Waals surface area (Å²) in [5.74, 6) is 0.287. The summed E-state index contributed by atoms with van der Waals surface area (Å²) < 4.78 is 0. The minimum Gasteiger partial charge on any atom is -0.352 e. The molecule has 2 aromatic rings. The summed E-state index contributed by atoms with van der Waals surface area (Å²) in [5.41, 5.74) is 3.38. The zero-order valence-corrected chi connectivity index (χ0v) is 17.3. The first-order valence-corrected chi connectivity index (χ1v) is 10.8. The molecule has 2 aromatic heterocycles. The van der Waals surface area contributed by atoms with E-state index < -0.39 is 0 Å². The van der Waals surface area contributed by atoms with Gasteiger partial charge in [-0.3, -0.25) is 19.6 Å². The van der Waals surface area contributed by atoms with Gasteiger partial charge in [-0.2, -0.15) is 0 Å². The van der Waals surface area contributed by atoms with E-state index in [1.807, 2.05) is 18.3 Å². The van der Waals surface area contributed by atoms with Crippen LogP contribution in [0.3, 0.4) is 0 Å². The number of aromatic nitrogens is 3. The maximum atomic E-state index is 12.7. The van der Waals surface area contributed by atoms with E-state index >= 15 is 0 Å². The molecule has 0 radical (unpaired) electrons. The molecule has 7 nitrogen and oxygen atoms in total. The van der Waals surface area contributed by atoms with Crippen molar-refractivity contribution in [3.8, 4) is 0 Å². The second kappa shape index (κ2) is 9.50. The van der Waals surface area contributed by atoms with Gasteiger partial charge in [0.1, 0.15) is 0 Å². The lowest BCUT2D eigenvalue weighted by molar-refractivity contribution is -0.127. The number of carbonyl (C=O) groups excluding carboxylic acids is 1. The van der Waals surface area contributed by atoms with Crippen molar-refractivity contribution in [3.63, 3.8) is 0 Å². The molecule has 0 aromatic carbocycles. The third-order valence-electron chi connectivity index (χ3n) is 6.39. The van der Waals surface area contributed by atoms with Crippen molar-refractivity contribution in [2.75, 3.05) is 26.2 Å². The number of rotatable bonds is 6. The molecule has 1 amide bonds. The van der Waals surface area contributed by atoms with Crippen molar-refractivity contribution in [2.24, 2.45) is 5.92 Å². The van der Waals surface area contributed by atoms with Gasteiger partial charge in [0.25, 0.3) is 0 Å². The Morgan fingerprint density at radius 2 is 2.14 bits per heavy atom. The Bertz CT molecular complexity index is 784. The summed E-state index contributed by atoms with van der Waals surface area (Å²) in [6.45, 7) is 7.80. The summed E-state index contributed by atoms with van der Waals surface area (Å²) in [4.78, 5) is 29.5. The highest BCUT2D eigenvalue weighted by atomic mass is 16.1. The van der Waals surface area contributed by atoms with Gasteiger partial charge in [-0.25, -0.2) is 4.98 Å². The van der Waals surface area contributed by atoms with Gasteiger partial charge in [-0.05, 0) is 50.8 Å². The second-order valence-corrected chi connectivity index (χ2v) is 8.39. The summed E-state index contributed by atoms with van der Waals surface area (Å²) >= 11 is 0. The van der Waals surface area contributed by atoms with Crippen molar-refractivity contribution in [1.29, 1.82) is 0 Å². The molecule has 1 atom stereocenters. The van der Waals surface area contributed by atoms with E-state index in [1.165, 1.54) is 18.5 Å². The number of aryl methyl sites for hydroxylation is 1. The van der Waals surface area contributed by atoms with Gasteiger partial charge in [-0.15, -0.1) is 0 Å². The summed E-state index contributed by atoms with van der Waals surface area (Å²) in [6, 6.07) is 4.50. The Morgan fingerprint density at radius 1 is 1.28 bits per heavy atom. The topological polar surface area (TPSA) is 77.2 Å². The second-order valence-electron chi connectivity index (χ2n) is 8.39. The van der Waals surface area contributed by atoms with Gasteiger partial charge in [0.05, 0.1) is 17.9 Å². The average Bonchev–Trinajstić information content (AvgIpc) is 3.18. The first-order valence-electron chi connectivity index (χ1n) is 10.8. The third kappa shape index (κ3) is 5.22. The number of amides is 1. The van der Waals surface area contributed by atoms with Gasteiger partial charge in [0.15, 0.2) is 0 Å². The summed E-state index contributed by atoms with van der Waals surface area (Å²) in [5, 5.41) is 3.11. The Hall–Kier alpha value is -2.25. The smallest absolute Gasteiger partial charge is 0.224 e. The van der Waals surface area contributed by atoms with E-state index in [-0.39, 0.29) is 11.8 Å². The first kappa shape index (κ1) is 20.0. The Kier molecular flexibility index (Phi) is 6.56. The number of nitrogens with zero attached hydrogens (tertiary/aromatic N) is 4. The molecule has 0 unspecified atom stereocenters. The molecule has 7 heteroatoms. The predicted molar refractivity (Wildman–Crippen MR) is 112 cm³/mol. The lowest BCUT2D eigenvalue weighted by Crippen LogP contribution is -2.50. The quantitative estimate of drug-likeness (QED) is 0.782. The van der Waals surface area contributed by atoms with Crippen LogP contribution in [0, 0.1) is 12.8 Å². The highest BCUT2D eigenvalue weighted by molar-refractivity contribution is 5.78. The van der Waals surface area contributed by atoms with Crippen molar-refractivity contribution < 1.29 is 4.79 Å². The number of H-pyrrole nitrogens is 1. The molecule has 0 bridgehead atoms. The van der Waals surface area contributed by atoms with Gasteiger partial charge in [-0.1, -0.05) is 6.07 Å². The zero-order valence-electron chi connectivity index (χ0n) is 17.3. The zero-order chi connectivity index (χ0) is 20.1. The molecule has 29 heavy (non-hydrogen) atoms. The molecule has 2 N–H and O–H groups in total. The number of likely N-dealkylation sites (tertiary alicyclic amines) is 2. The van der Waals surface area contributed by atoms with Crippen LogP contribution in [0.25, 0.3) is 0 Å². The van der Waals surface area contributed by atoms with Gasteiger partial charge in [0, 0.05) is 56.9 Å². The highest BCUT2D eigenvalue weighted by Gasteiger charge is 2.31. The van der Waals surface area contributed by atoms with Crippen LogP contribution in [0.15, 0.2) is 30.9 Å². The molecule has 0 spiro atoms. The van der Waals surface area contributed by atoms with E-state index in [9.17, 15) is 4.79 Å². The summed E-state index contributed by atoms with van der Waals surface area (Å²) in [6.07, 6.45) is 9.80. The molecule has 0 saturated carbocycles. The van der Waals surface area contributed by atoms with Crippen LogP contribution in [-0.2, 0) is 17.9 Å². The number of hydrogen-bond donors (Lipinski definition) is 2. The van der Waals surface area contributed by atoms with E-state index in [0.29, 0.717) is 12.6 Å². The Balaban J connectivity index is 1.23. The van der Waals surface area contributed by atoms with Crippen LogP contribution in [-0.4, -0.2) is 62.9 Å². The molecular formula is C22H32N6O. The van der Waals surface area contributed by atoms with Gasteiger partial charge >= 0.3 is 0 Å². The molecule has 2 fully saturated rings. The van der Waals surface area contributed by atoms with Crippen LogP contribution in [0.5, 0.6) is 0 Å². The fourth-order valence-electron chi connectivity index (χ4n) is 4.59. The number of nitrogens with one attached hydrogen (secondary N) is 2. The minimum atomic E-state index is 0.102. The van der Waals surface area contributed by atoms with Crippen LogP contribution in [0.4, 0.5) is 0 Å². The van der Waals surface area contributed by atoms with Crippen molar-refractivity contribution in [2.45, 2.75) is 51.7 Å². The first-order chi connectivity index (χ1) is 14.2. The number of hydrogen-bond acceptors (Lipinski definition) is 5. The molecule has 0 aliphatic carbocycles. The number of imidazole rings is 1. The van der Waals surface area contributed by atoms with E-state index in [2.05, 4.69) is 37.0 Å². The number of aromatic amines is 1. The van der Waals surface area contributed by atoms with Crippen molar-refractivity contribution in [1.82, 2.24) is 30.1 Å². The Morgan fingerprint density at radius 3 is 2.86 bits per heavy atom. The van der Waals surface area contributed by atoms with Gasteiger partial charge < -0.3 is 10.3 Å². The van der Waals surface area contributed by atoms with Crippen molar-refractivity contribution >= 4 is 5.91 Å².